The fourth-order valence-corrected chi connectivity index (χ4v) is 3.60. The first-order valence-corrected chi connectivity index (χ1v) is 9.56. The molecule has 3 aromatic heterocycles. The van der Waals surface area contributed by atoms with Gasteiger partial charge in [-0.1, -0.05) is 23.9 Å². The normalized spacial score (nSPS) is 11.1. The minimum Gasteiger partial charge on any atom is -0.469 e. The van der Waals surface area contributed by atoms with E-state index in [-0.39, 0.29) is 5.82 Å². The largest absolute Gasteiger partial charge is 0.469 e. The van der Waals surface area contributed by atoms with E-state index in [0.717, 1.165) is 28.0 Å². The maximum absolute atomic E-state index is 13.4. The summed E-state index contributed by atoms with van der Waals surface area (Å²) in [6.45, 7) is 6.28. The highest BCUT2D eigenvalue weighted by molar-refractivity contribution is 7.98. The lowest BCUT2D eigenvalue weighted by Crippen LogP contribution is -2.00. The molecule has 0 saturated carbocycles. The van der Waals surface area contributed by atoms with Crippen LogP contribution in [0.15, 0.2) is 69.5 Å². The fraction of sp³-hybridized carbons (Fsp3) is 0.150. The minimum absolute atomic E-state index is 0.328. The second-order valence-corrected chi connectivity index (χ2v) is 6.98. The SMILES string of the molecule is C=CCn1c(SCc2coc(-c3cccc(F)c3)n2)nnc1-c1ccoc1C. The van der Waals surface area contributed by atoms with Crippen molar-refractivity contribution >= 4 is 11.8 Å². The topological polar surface area (TPSA) is 69.9 Å². The first kappa shape index (κ1) is 18.2. The van der Waals surface area contributed by atoms with Gasteiger partial charge in [-0.15, -0.1) is 16.8 Å². The summed E-state index contributed by atoms with van der Waals surface area (Å²) in [6, 6.07) is 8.03. The van der Waals surface area contributed by atoms with Crippen molar-refractivity contribution in [2.45, 2.75) is 24.4 Å². The number of thioether (sulfide) groups is 1. The number of hydrogen-bond donors (Lipinski definition) is 0. The van der Waals surface area contributed by atoms with Crippen LogP contribution in [-0.2, 0) is 12.3 Å². The number of oxazole rings is 1. The van der Waals surface area contributed by atoms with E-state index < -0.39 is 0 Å². The standard InChI is InChI=1S/C20H17FN4O2S/c1-3-8-25-18(17-7-9-26-13(17)2)23-24-20(25)28-12-16-11-27-19(22-16)14-5-4-6-15(21)10-14/h3-7,9-11H,1,8,12H2,2H3. The van der Waals surface area contributed by atoms with Gasteiger partial charge in [-0.2, -0.15) is 0 Å². The maximum Gasteiger partial charge on any atom is 0.226 e. The van der Waals surface area contributed by atoms with Gasteiger partial charge in [-0.05, 0) is 31.2 Å². The van der Waals surface area contributed by atoms with Crippen LogP contribution in [0.5, 0.6) is 0 Å². The number of rotatable bonds is 7. The Kier molecular flexibility index (Phi) is 5.12. The Morgan fingerprint density at radius 2 is 2.14 bits per heavy atom. The van der Waals surface area contributed by atoms with Crippen molar-refractivity contribution in [3.8, 4) is 22.8 Å². The van der Waals surface area contributed by atoms with E-state index in [4.69, 9.17) is 8.83 Å². The lowest BCUT2D eigenvalue weighted by atomic mass is 10.2. The van der Waals surface area contributed by atoms with Crippen LogP contribution in [0.3, 0.4) is 0 Å². The molecule has 0 bridgehead atoms. The maximum atomic E-state index is 13.4. The van der Waals surface area contributed by atoms with Gasteiger partial charge in [0, 0.05) is 17.9 Å². The van der Waals surface area contributed by atoms with Crippen molar-refractivity contribution in [2.75, 3.05) is 0 Å². The summed E-state index contributed by atoms with van der Waals surface area (Å²) in [5.74, 6) is 2.11. The summed E-state index contributed by atoms with van der Waals surface area (Å²) in [6.07, 6.45) is 5.00. The molecule has 6 nitrogen and oxygen atoms in total. The molecule has 0 atom stereocenters. The molecule has 3 heterocycles. The number of furan rings is 1. The van der Waals surface area contributed by atoms with Crippen LogP contribution in [0.2, 0.25) is 0 Å². The molecule has 0 saturated heterocycles. The van der Waals surface area contributed by atoms with Crippen LogP contribution in [0.1, 0.15) is 11.5 Å². The molecule has 28 heavy (non-hydrogen) atoms. The quantitative estimate of drug-likeness (QED) is 0.319. The summed E-state index contributed by atoms with van der Waals surface area (Å²) >= 11 is 1.49. The molecule has 142 valence electrons. The Morgan fingerprint density at radius 1 is 1.25 bits per heavy atom. The fourth-order valence-electron chi connectivity index (χ4n) is 2.77. The zero-order valence-electron chi connectivity index (χ0n) is 15.1. The van der Waals surface area contributed by atoms with Gasteiger partial charge in [-0.25, -0.2) is 9.37 Å². The molecule has 1 aromatic carbocycles. The predicted molar refractivity (Wildman–Crippen MR) is 104 cm³/mol. The van der Waals surface area contributed by atoms with Crippen molar-refractivity contribution in [3.63, 3.8) is 0 Å². The van der Waals surface area contributed by atoms with Gasteiger partial charge < -0.3 is 8.83 Å². The first-order valence-electron chi connectivity index (χ1n) is 8.57. The molecular formula is C20H17FN4O2S. The number of nitrogens with zero attached hydrogens (tertiary/aromatic N) is 4. The average molecular weight is 396 g/mol. The molecule has 0 N–H and O–H groups in total. The molecule has 0 aliphatic heterocycles. The number of benzene rings is 1. The van der Waals surface area contributed by atoms with E-state index in [1.807, 2.05) is 17.6 Å². The summed E-state index contributed by atoms with van der Waals surface area (Å²) in [5, 5.41) is 9.36. The Labute approximate surface area is 165 Å². The van der Waals surface area contributed by atoms with Crippen molar-refractivity contribution in [1.29, 1.82) is 0 Å². The third kappa shape index (κ3) is 3.63. The smallest absolute Gasteiger partial charge is 0.226 e. The Balaban J connectivity index is 1.53. The molecule has 4 aromatic rings. The van der Waals surface area contributed by atoms with Gasteiger partial charge in [0.25, 0.3) is 0 Å². The molecule has 0 aliphatic rings. The van der Waals surface area contributed by atoms with Crippen molar-refractivity contribution in [1.82, 2.24) is 19.7 Å². The highest BCUT2D eigenvalue weighted by atomic mass is 32.2. The van der Waals surface area contributed by atoms with E-state index in [0.29, 0.717) is 23.8 Å². The molecule has 8 heteroatoms. The second kappa shape index (κ2) is 7.85. The van der Waals surface area contributed by atoms with E-state index in [2.05, 4.69) is 21.8 Å². The second-order valence-electron chi connectivity index (χ2n) is 6.04. The molecule has 0 spiro atoms. The molecule has 0 amide bonds. The Hall–Kier alpha value is -3.13. The first-order chi connectivity index (χ1) is 13.7. The number of aromatic nitrogens is 4. The minimum atomic E-state index is -0.328. The lowest BCUT2D eigenvalue weighted by Gasteiger charge is -2.06. The van der Waals surface area contributed by atoms with E-state index in [1.54, 1.807) is 30.7 Å². The van der Waals surface area contributed by atoms with Crippen LogP contribution in [0.4, 0.5) is 4.39 Å². The molecule has 0 fully saturated rings. The summed E-state index contributed by atoms with van der Waals surface area (Å²) < 4.78 is 26.2. The monoisotopic (exact) mass is 396 g/mol. The van der Waals surface area contributed by atoms with Gasteiger partial charge in [0.05, 0.1) is 17.5 Å². The highest BCUT2D eigenvalue weighted by Crippen LogP contribution is 2.29. The zero-order chi connectivity index (χ0) is 19.5. The predicted octanol–water partition coefficient (Wildman–Crippen LogP) is 5.12. The van der Waals surface area contributed by atoms with E-state index in [1.165, 1.54) is 23.9 Å². The Morgan fingerprint density at radius 3 is 2.89 bits per heavy atom. The van der Waals surface area contributed by atoms with Gasteiger partial charge in [0.15, 0.2) is 11.0 Å². The van der Waals surface area contributed by atoms with E-state index >= 15 is 0 Å². The number of aryl methyl sites for hydroxylation is 1. The van der Waals surface area contributed by atoms with Crippen LogP contribution >= 0.6 is 11.8 Å². The zero-order valence-corrected chi connectivity index (χ0v) is 15.9. The van der Waals surface area contributed by atoms with E-state index in [9.17, 15) is 4.39 Å². The number of allylic oxidation sites excluding steroid dienone is 1. The summed E-state index contributed by atoms with van der Waals surface area (Å²) in [4.78, 5) is 4.44. The molecule has 4 rings (SSSR count). The number of hydrogen-bond acceptors (Lipinski definition) is 6. The Bertz CT molecular complexity index is 1120. The van der Waals surface area contributed by atoms with Crippen molar-refractivity contribution < 1.29 is 13.2 Å². The third-order valence-electron chi connectivity index (χ3n) is 4.10. The van der Waals surface area contributed by atoms with Crippen LogP contribution in [0, 0.1) is 12.7 Å². The third-order valence-corrected chi connectivity index (χ3v) is 5.10. The van der Waals surface area contributed by atoms with Crippen molar-refractivity contribution in [3.05, 3.63) is 72.8 Å². The summed E-state index contributed by atoms with van der Waals surface area (Å²) in [7, 11) is 0. The van der Waals surface area contributed by atoms with Gasteiger partial charge in [-0.3, -0.25) is 4.57 Å². The van der Waals surface area contributed by atoms with Crippen LogP contribution in [0.25, 0.3) is 22.8 Å². The number of halogens is 1. The van der Waals surface area contributed by atoms with Gasteiger partial charge in [0.1, 0.15) is 17.8 Å². The average Bonchev–Trinajstić information content (AvgIpc) is 3.40. The molecule has 0 aliphatic carbocycles. The van der Waals surface area contributed by atoms with Crippen LogP contribution in [-0.4, -0.2) is 19.7 Å². The molecular weight excluding hydrogens is 379 g/mol. The summed E-state index contributed by atoms with van der Waals surface area (Å²) in [5.41, 5.74) is 2.23. The highest BCUT2D eigenvalue weighted by Gasteiger charge is 2.17. The lowest BCUT2D eigenvalue weighted by molar-refractivity contribution is 0.534. The molecule has 0 radical (unpaired) electrons. The van der Waals surface area contributed by atoms with Gasteiger partial charge >= 0.3 is 0 Å². The molecule has 0 unspecified atom stereocenters. The van der Waals surface area contributed by atoms with Crippen molar-refractivity contribution in [2.24, 2.45) is 0 Å². The van der Waals surface area contributed by atoms with Gasteiger partial charge in [0.2, 0.25) is 5.89 Å². The van der Waals surface area contributed by atoms with Crippen LogP contribution < -0.4 is 0 Å².